The van der Waals surface area contributed by atoms with Gasteiger partial charge in [0.1, 0.15) is 6.34 Å². The minimum absolute atomic E-state index is 0.390. The summed E-state index contributed by atoms with van der Waals surface area (Å²) in [7, 11) is 0. The van der Waals surface area contributed by atoms with Crippen LogP contribution in [0.5, 0.6) is 0 Å². The summed E-state index contributed by atoms with van der Waals surface area (Å²) in [4.78, 5) is 0. The Kier molecular flexibility index (Phi) is 5.32. The van der Waals surface area contributed by atoms with E-state index >= 15 is 0 Å². The molecule has 0 radical (unpaired) electrons. The maximum atomic E-state index is 7.39. The van der Waals surface area contributed by atoms with Gasteiger partial charge in [0.2, 0.25) is 0 Å². The fraction of sp³-hybridized carbons (Fsp3) is 0.818. The molecule has 1 rings (SSSR count). The van der Waals surface area contributed by atoms with Crippen molar-refractivity contribution in [2.75, 3.05) is 13.1 Å². The van der Waals surface area contributed by atoms with E-state index in [2.05, 4.69) is 17.3 Å². The maximum absolute atomic E-state index is 7.39. The summed E-state index contributed by atoms with van der Waals surface area (Å²) < 4.78 is 0. The third-order valence-corrected chi connectivity index (χ3v) is 3.07. The maximum Gasteiger partial charge on any atom is 0.103 e. The third-order valence-electron chi connectivity index (χ3n) is 3.07. The van der Waals surface area contributed by atoms with Gasteiger partial charge < -0.3 is 5.32 Å². The predicted octanol–water partition coefficient (Wildman–Crippen LogP) is 1.68. The summed E-state index contributed by atoms with van der Waals surface area (Å²) in [5.41, 5.74) is 0. The number of piperidine rings is 1. The van der Waals surface area contributed by atoms with Crippen LogP contribution < -0.4 is 5.32 Å². The molecule has 4 nitrogen and oxygen atoms in total. The van der Waals surface area contributed by atoms with Crippen LogP contribution in [0.25, 0.3) is 0 Å². The zero-order valence-electron chi connectivity index (χ0n) is 9.74. The lowest BCUT2D eigenvalue weighted by atomic mass is 9.88. The number of nitrogens with zero attached hydrogens (tertiary/aromatic N) is 2. The molecular weight excluding hydrogens is 188 g/mol. The van der Waals surface area contributed by atoms with Crippen molar-refractivity contribution >= 4 is 12.6 Å². The Morgan fingerprint density at radius 2 is 2.20 bits per heavy atom. The van der Waals surface area contributed by atoms with Crippen molar-refractivity contribution in [1.29, 1.82) is 5.41 Å². The van der Waals surface area contributed by atoms with E-state index in [0.29, 0.717) is 12.0 Å². The third kappa shape index (κ3) is 3.30. The summed E-state index contributed by atoms with van der Waals surface area (Å²) >= 11 is 0. The lowest BCUT2D eigenvalue weighted by molar-refractivity contribution is 0.193. The number of hydrogen-bond acceptors (Lipinski definition) is 3. The molecule has 86 valence electrons. The quantitative estimate of drug-likeness (QED) is 0.412. The minimum Gasteiger partial charge on any atom is -0.317 e. The first kappa shape index (κ1) is 12.2. The van der Waals surface area contributed by atoms with Crippen LogP contribution in [0.15, 0.2) is 5.10 Å². The highest BCUT2D eigenvalue weighted by molar-refractivity contribution is 5.58. The van der Waals surface area contributed by atoms with Gasteiger partial charge in [-0.1, -0.05) is 6.92 Å². The van der Waals surface area contributed by atoms with Crippen LogP contribution in [-0.4, -0.2) is 36.7 Å². The molecule has 1 fully saturated rings. The molecule has 0 aromatic rings. The van der Waals surface area contributed by atoms with Crippen molar-refractivity contribution in [2.45, 2.75) is 39.2 Å². The average Bonchev–Trinajstić information content (AvgIpc) is 2.30. The first-order valence-corrected chi connectivity index (χ1v) is 5.81. The van der Waals surface area contributed by atoms with Gasteiger partial charge in [-0.2, -0.15) is 5.10 Å². The summed E-state index contributed by atoms with van der Waals surface area (Å²) in [6, 6.07) is 0.390. The average molecular weight is 210 g/mol. The lowest BCUT2D eigenvalue weighted by Gasteiger charge is -2.34. The second kappa shape index (κ2) is 6.56. The summed E-state index contributed by atoms with van der Waals surface area (Å²) in [5, 5.41) is 16.8. The minimum atomic E-state index is 0.390. The van der Waals surface area contributed by atoms with Gasteiger partial charge in [-0.05, 0) is 45.2 Å². The van der Waals surface area contributed by atoms with E-state index < -0.39 is 0 Å². The topological polar surface area (TPSA) is 51.5 Å². The standard InChI is InChI=1S/C11H22N4/c1-3-11(15(9-12)14-4-2)10-5-7-13-8-6-10/h4,9-13H,3,5-8H2,1-2H3/b12-9?,14-4-/t11-/m1/s1. The van der Waals surface area contributed by atoms with Crippen LogP contribution in [0.2, 0.25) is 0 Å². The van der Waals surface area contributed by atoms with Gasteiger partial charge in [-0.3, -0.25) is 10.4 Å². The van der Waals surface area contributed by atoms with Crippen molar-refractivity contribution in [1.82, 2.24) is 10.3 Å². The van der Waals surface area contributed by atoms with Crippen molar-refractivity contribution in [2.24, 2.45) is 11.0 Å². The van der Waals surface area contributed by atoms with E-state index in [-0.39, 0.29) is 0 Å². The molecule has 4 heteroatoms. The molecule has 15 heavy (non-hydrogen) atoms. The summed E-state index contributed by atoms with van der Waals surface area (Å²) in [6.45, 7) is 6.27. The zero-order chi connectivity index (χ0) is 11.1. The SMILES string of the molecule is C/C=N\N(C=N)[C@H](CC)C1CCNCC1. The Labute approximate surface area is 92.2 Å². The number of rotatable bonds is 5. The van der Waals surface area contributed by atoms with E-state index in [1.807, 2.05) is 6.92 Å². The molecule has 0 aromatic carbocycles. The van der Waals surface area contributed by atoms with Crippen LogP contribution in [0.4, 0.5) is 0 Å². The Bertz CT molecular complexity index is 209. The van der Waals surface area contributed by atoms with E-state index in [4.69, 9.17) is 5.41 Å². The first-order chi connectivity index (χ1) is 7.33. The Morgan fingerprint density at radius 1 is 1.53 bits per heavy atom. The monoisotopic (exact) mass is 210 g/mol. The fourth-order valence-corrected chi connectivity index (χ4v) is 2.31. The first-order valence-electron chi connectivity index (χ1n) is 5.81. The van der Waals surface area contributed by atoms with Crippen LogP contribution >= 0.6 is 0 Å². The van der Waals surface area contributed by atoms with Crippen LogP contribution in [0, 0.1) is 11.3 Å². The molecule has 0 spiro atoms. The van der Waals surface area contributed by atoms with Gasteiger partial charge in [0, 0.05) is 6.21 Å². The molecule has 1 aliphatic rings. The van der Waals surface area contributed by atoms with Gasteiger partial charge in [0.05, 0.1) is 6.04 Å². The molecule has 0 aliphatic carbocycles. The van der Waals surface area contributed by atoms with Crippen LogP contribution in [0.1, 0.15) is 33.1 Å². The van der Waals surface area contributed by atoms with Crippen molar-refractivity contribution in [3.05, 3.63) is 0 Å². The Morgan fingerprint density at radius 3 is 2.67 bits per heavy atom. The second-order valence-electron chi connectivity index (χ2n) is 3.95. The molecule has 1 saturated heterocycles. The Balaban J connectivity index is 2.62. The number of hydrazone groups is 1. The fourth-order valence-electron chi connectivity index (χ4n) is 2.31. The molecule has 1 aliphatic heterocycles. The van der Waals surface area contributed by atoms with E-state index in [0.717, 1.165) is 19.5 Å². The smallest absolute Gasteiger partial charge is 0.103 e. The van der Waals surface area contributed by atoms with E-state index in [1.165, 1.54) is 19.2 Å². The molecule has 0 aromatic heterocycles. The number of hydrogen-bond donors (Lipinski definition) is 2. The highest BCUT2D eigenvalue weighted by atomic mass is 15.5. The second-order valence-corrected chi connectivity index (χ2v) is 3.95. The molecule has 0 bridgehead atoms. The van der Waals surface area contributed by atoms with Crippen molar-refractivity contribution in [3.63, 3.8) is 0 Å². The lowest BCUT2D eigenvalue weighted by Crippen LogP contribution is -2.41. The van der Waals surface area contributed by atoms with Crippen molar-refractivity contribution < 1.29 is 0 Å². The number of nitrogens with one attached hydrogen (secondary N) is 2. The van der Waals surface area contributed by atoms with Gasteiger partial charge in [0.15, 0.2) is 0 Å². The predicted molar refractivity (Wildman–Crippen MR) is 64.5 cm³/mol. The van der Waals surface area contributed by atoms with Gasteiger partial charge >= 0.3 is 0 Å². The van der Waals surface area contributed by atoms with Gasteiger partial charge in [-0.15, -0.1) is 0 Å². The zero-order valence-corrected chi connectivity index (χ0v) is 9.74. The summed E-state index contributed by atoms with van der Waals surface area (Å²) in [6.07, 6.45) is 6.55. The highest BCUT2D eigenvalue weighted by Crippen LogP contribution is 2.22. The molecule has 1 atom stereocenters. The molecule has 0 unspecified atom stereocenters. The molecule has 1 heterocycles. The normalized spacial score (nSPS) is 20.4. The van der Waals surface area contributed by atoms with Gasteiger partial charge in [0.25, 0.3) is 0 Å². The van der Waals surface area contributed by atoms with Crippen LogP contribution in [0.3, 0.4) is 0 Å². The molecule has 2 N–H and O–H groups in total. The largest absolute Gasteiger partial charge is 0.317 e. The molecule has 0 saturated carbocycles. The summed E-state index contributed by atoms with van der Waals surface area (Å²) in [5.74, 6) is 0.668. The van der Waals surface area contributed by atoms with E-state index in [1.54, 1.807) is 11.2 Å². The highest BCUT2D eigenvalue weighted by Gasteiger charge is 2.25. The molecular formula is C11H22N4. The molecule has 0 amide bonds. The van der Waals surface area contributed by atoms with Gasteiger partial charge in [-0.25, -0.2) is 0 Å². The van der Waals surface area contributed by atoms with Crippen molar-refractivity contribution in [3.8, 4) is 0 Å². The van der Waals surface area contributed by atoms with Crippen LogP contribution in [-0.2, 0) is 0 Å². The Hall–Kier alpha value is -0.900. The van der Waals surface area contributed by atoms with E-state index in [9.17, 15) is 0 Å².